The van der Waals surface area contributed by atoms with Gasteiger partial charge in [0, 0.05) is 35.2 Å². The molecular formula is C33H33F4N5O5S. The molecule has 2 aromatic heterocycles. The molecule has 1 unspecified atom stereocenters. The van der Waals surface area contributed by atoms with Gasteiger partial charge in [-0.2, -0.15) is 5.10 Å². The summed E-state index contributed by atoms with van der Waals surface area (Å²) >= 11 is 0. The fourth-order valence-corrected chi connectivity index (χ4v) is 6.56. The second-order valence-corrected chi connectivity index (χ2v) is 14.7. The van der Waals surface area contributed by atoms with Gasteiger partial charge in [0.15, 0.2) is 5.82 Å². The van der Waals surface area contributed by atoms with Crippen LogP contribution in [0.3, 0.4) is 0 Å². The Bertz CT molecular complexity index is 2070. The number of aliphatic hydroxyl groups is 1. The fourth-order valence-electron chi connectivity index (χ4n) is 6.05. The third-order valence-electron chi connectivity index (χ3n) is 7.79. The SMILES string of the molecule is Cn1nc(NS(C)(=O)=O)c2cccc(-c3ccc(C#CC4(O)CC(F)(F)C4)nc3C(Cc3cc(F)cc(F)c3)N(C(=O)O)C(C)(C)C)c21. The van der Waals surface area contributed by atoms with Crippen molar-refractivity contribution in [2.45, 2.75) is 63.1 Å². The number of alkyl halides is 2. The summed E-state index contributed by atoms with van der Waals surface area (Å²) in [6.07, 6.45) is -2.33. The van der Waals surface area contributed by atoms with Crippen molar-refractivity contribution >= 4 is 32.8 Å². The van der Waals surface area contributed by atoms with Gasteiger partial charge in [0.05, 0.1) is 36.3 Å². The highest BCUT2D eigenvalue weighted by Gasteiger charge is 2.55. The lowest BCUT2D eigenvalue weighted by molar-refractivity contribution is -0.176. The molecule has 1 saturated carbocycles. The average Bonchev–Trinajstić information content (AvgIpc) is 3.22. The van der Waals surface area contributed by atoms with E-state index in [1.54, 1.807) is 52.1 Å². The molecule has 1 amide bonds. The highest BCUT2D eigenvalue weighted by Crippen LogP contribution is 2.45. The van der Waals surface area contributed by atoms with Gasteiger partial charge < -0.3 is 10.2 Å². The molecule has 0 aliphatic heterocycles. The second-order valence-electron chi connectivity index (χ2n) is 13.0. The Labute approximate surface area is 274 Å². The van der Waals surface area contributed by atoms with E-state index in [-0.39, 0.29) is 29.2 Å². The summed E-state index contributed by atoms with van der Waals surface area (Å²) in [7, 11) is -2.13. The summed E-state index contributed by atoms with van der Waals surface area (Å²) in [5.41, 5.74) is -1.52. The molecule has 15 heteroatoms. The first-order valence-electron chi connectivity index (χ1n) is 14.7. The van der Waals surface area contributed by atoms with E-state index in [9.17, 15) is 41.0 Å². The molecule has 2 aromatic carbocycles. The Balaban J connectivity index is 1.79. The van der Waals surface area contributed by atoms with E-state index in [0.717, 1.165) is 23.3 Å². The lowest BCUT2D eigenvalue weighted by Gasteiger charge is -2.40. The van der Waals surface area contributed by atoms with Crippen LogP contribution in [0.15, 0.2) is 48.5 Å². The zero-order chi connectivity index (χ0) is 35.4. The Morgan fingerprint density at radius 3 is 2.31 bits per heavy atom. The number of anilines is 1. The van der Waals surface area contributed by atoms with Crippen LogP contribution in [0.5, 0.6) is 0 Å². The summed E-state index contributed by atoms with van der Waals surface area (Å²) < 4.78 is 83.9. The van der Waals surface area contributed by atoms with E-state index in [1.807, 2.05) is 0 Å². The predicted octanol–water partition coefficient (Wildman–Crippen LogP) is 5.86. The Hall–Kier alpha value is -4.68. The van der Waals surface area contributed by atoms with E-state index in [0.29, 0.717) is 28.1 Å². The zero-order valence-electron chi connectivity index (χ0n) is 26.6. The molecule has 0 saturated heterocycles. The quantitative estimate of drug-likeness (QED) is 0.164. The average molecular weight is 688 g/mol. The van der Waals surface area contributed by atoms with Gasteiger partial charge in [-0.05, 0) is 69.0 Å². The molecule has 1 fully saturated rings. The maximum atomic E-state index is 14.4. The molecule has 48 heavy (non-hydrogen) atoms. The normalized spacial score (nSPS) is 16.0. The van der Waals surface area contributed by atoms with Crippen LogP contribution in [0.2, 0.25) is 0 Å². The number of aryl methyl sites for hydroxylation is 1. The van der Waals surface area contributed by atoms with Crippen molar-refractivity contribution in [3.8, 4) is 23.0 Å². The molecular weight excluding hydrogens is 654 g/mol. The molecule has 1 aliphatic carbocycles. The Kier molecular flexibility index (Phi) is 8.72. The second kappa shape index (κ2) is 12.1. The lowest BCUT2D eigenvalue weighted by Crippen LogP contribution is -2.50. The van der Waals surface area contributed by atoms with Crippen molar-refractivity contribution in [2.75, 3.05) is 11.0 Å². The number of halogens is 4. The molecule has 5 rings (SSSR count). The fraction of sp³-hybridized carbons (Fsp3) is 0.364. The minimum absolute atomic E-state index is 0.0173. The van der Waals surface area contributed by atoms with Crippen molar-refractivity contribution in [3.63, 3.8) is 0 Å². The van der Waals surface area contributed by atoms with Gasteiger partial charge >= 0.3 is 6.09 Å². The van der Waals surface area contributed by atoms with Crippen molar-refractivity contribution < 1.29 is 41.0 Å². The molecule has 10 nitrogen and oxygen atoms in total. The van der Waals surface area contributed by atoms with Crippen LogP contribution in [0.1, 0.15) is 56.6 Å². The number of pyridine rings is 1. The molecule has 0 bridgehead atoms. The van der Waals surface area contributed by atoms with Crippen LogP contribution < -0.4 is 4.72 Å². The summed E-state index contributed by atoms with van der Waals surface area (Å²) in [6, 6.07) is 9.70. The molecule has 0 spiro atoms. The maximum Gasteiger partial charge on any atom is 0.408 e. The first-order valence-corrected chi connectivity index (χ1v) is 16.6. The van der Waals surface area contributed by atoms with Crippen LogP contribution in [0, 0.1) is 23.5 Å². The van der Waals surface area contributed by atoms with Crippen molar-refractivity contribution in [1.82, 2.24) is 19.7 Å². The molecule has 1 aliphatic rings. The minimum atomic E-state index is -3.72. The van der Waals surface area contributed by atoms with Crippen molar-refractivity contribution in [3.05, 3.63) is 77.1 Å². The van der Waals surface area contributed by atoms with Crippen LogP contribution in [0.4, 0.5) is 28.2 Å². The number of carboxylic acid groups (broad SMARTS) is 1. The Morgan fingerprint density at radius 1 is 1.10 bits per heavy atom. The number of fused-ring (bicyclic) bond motifs is 1. The number of benzene rings is 2. The molecule has 0 radical (unpaired) electrons. The van der Waals surface area contributed by atoms with Gasteiger partial charge in [-0.1, -0.05) is 18.1 Å². The van der Waals surface area contributed by atoms with Crippen LogP contribution in [0.25, 0.3) is 22.0 Å². The van der Waals surface area contributed by atoms with Gasteiger partial charge in [0.1, 0.15) is 22.9 Å². The van der Waals surface area contributed by atoms with Crippen LogP contribution in [-0.4, -0.2) is 67.7 Å². The highest BCUT2D eigenvalue weighted by atomic mass is 32.2. The number of carbonyl (C=O) groups is 1. The Morgan fingerprint density at radius 2 is 1.75 bits per heavy atom. The molecule has 254 valence electrons. The summed E-state index contributed by atoms with van der Waals surface area (Å²) in [5.74, 6) is 0.352. The number of sulfonamides is 1. The van der Waals surface area contributed by atoms with Crippen molar-refractivity contribution in [1.29, 1.82) is 0 Å². The third kappa shape index (κ3) is 7.39. The minimum Gasteiger partial charge on any atom is -0.465 e. The summed E-state index contributed by atoms with van der Waals surface area (Å²) in [4.78, 5) is 18.7. The predicted molar refractivity (Wildman–Crippen MR) is 171 cm³/mol. The van der Waals surface area contributed by atoms with E-state index in [4.69, 9.17) is 4.98 Å². The van der Waals surface area contributed by atoms with Gasteiger partial charge in [-0.15, -0.1) is 0 Å². The summed E-state index contributed by atoms with van der Waals surface area (Å²) in [5, 5.41) is 25.7. The number of rotatable bonds is 7. The summed E-state index contributed by atoms with van der Waals surface area (Å²) in [6.45, 7) is 4.92. The third-order valence-corrected chi connectivity index (χ3v) is 8.36. The smallest absolute Gasteiger partial charge is 0.408 e. The van der Waals surface area contributed by atoms with E-state index >= 15 is 0 Å². The van der Waals surface area contributed by atoms with Crippen LogP contribution in [-0.2, 0) is 23.5 Å². The first-order chi connectivity index (χ1) is 22.1. The van der Waals surface area contributed by atoms with Gasteiger partial charge in [-0.25, -0.2) is 35.8 Å². The molecule has 4 aromatic rings. The number of nitrogens with zero attached hydrogens (tertiary/aromatic N) is 4. The van der Waals surface area contributed by atoms with E-state index in [1.165, 1.54) is 10.7 Å². The highest BCUT2D eigenvalue weighted by molar-refractivity contribution is 7.92. The number of aromatic nitrogens is 3. The van der Waals surface area contributed by atoms with Crippen molar-refractivity contribution in [2.24, 2.45) is 7.05 Å². The lowest BCUT2D eigenvalue weighted by atomic mass is 9.77. The van der Waals surface area contributed by atoms with Crippen LogP contribution >= 0.6 is 0 Å². The van der Waals surface area contributed by atoms with Gasteiger partial charge in [-0.3, -0.25) is 14.3 Å². The number of para-hydroxylation sites is 1. The largest absolute Gasteiger partial charge is 0.465 e. The standard InChI is InChI=1S/C33H33F4N5O5S/c1-31(2,3)42(30(43)44)26(15-19-13-20(34)16-21(35)14-19)27-23(10-9-22(38-27)11-12-32(45)17-33(36,37)18-32)24-7-6-8-25-28(24)41(4)39-29(25)40-48(5,46)47/h6-10,13-14,16,26,45H,15,17-18H2,1-5H3,(H,39,40)(H,43,44). The maximum absolute atomic E-state index is 14.4. The molecule has 3 N–H and O–H groups in total. The number of amides is 1. The molecule has 2 heterocycles. The number of hydrogen-bond acceptors (Lipinski definition) is 6. The van der Waals surface area contributed by atoms with E-state index < -0.39 is 63.7 Å². The first kappa shape index (κ1) is 34.6. The van der Waals surface area contributed by atoms with E-state index in [2.05, 4.69) is 21.7 Å². The monoisotopic (exact) mass is 687 g/mol. The van der Waals surface area contributed by atoms with Gasteiger partial charge in [0.25, 0.3) is 5.92 Å². The molecule has 1 atom stereocenters. The van der Waals surface area contributed by atoms with Gasteiger partial charge in [0.2, 0.25) is 10.0 Å². The number of hydrogen-bond donors (Lipinski definition) is 3. The topological polar surface area (TPSA) is 138 Å². The zero-order valence-corrected chi connectivity index (χ0v) is 27.5. The number of nitrogens with one attached hydrogen (secondary N) is 1.